The molecule has 0 radical (unpaired) electrons. The Bertz CT molecular complexity index is 938. The largest absolute Gasteiger partial charge is 0.465 e. The van der Waals surface area contributed by atoms with E-state index in [2.05, 4.69) is 55.7 Å². The van der Waals surface area contributed by atoms with Gasteiger partial charge in [0.2, 0.25) is 0 Å². The maximum Gasteiger partial charge on any atom is 0.348 e. The molecule has 0 amide bonds. The van der Waals surface area contributed by atoms with Crippen molar-refractivity contribution in [2.45, 2.75) is 52.5 Å². The Morgan fingerprint density at radius 1 is 1.03 bits per heavy atom. The number of thiocarbonyl (C=S) groups is 1. The summed E-state index contributed by atoms with van der Waals surface area (Å²) in [5, 5.41) is 7.19. The highest BCUT2D eigenvalue weighted by atomic mass is 32.1. The minimum Gasteiger partial charge on any atom is -0.465 e. The second-order valence-electron chi connectivity index (χ2n) is 7.28. The van der Waals surface area contributed by atoms with Gasteiger partial charge in [-0.05, 0) is 54.6 Å². The molecule has 2 unspecified atom stereocenters. The van der Waals surface area contributed by atoms with Gasteiger partial charge in [0.1, 0.15) is 9.88 Å². The summed E-state index contributed by atoms with van der Waals surface area (Å²) in [5.41, 5.74) is 3.23. The molecule has 6 nitrogen and oxygen atoms in total. The SMILES string of the molecule is CCC(C)c1ccc(C(CC)NC(=S)Nc2sc(C(=O)OC)c(C)c2C(=O)OC)cc1. The molecule has 0 bridgehead atoms. The van der Waals surface area contributed by atoms with Crippen LogP contribution in [0.4, 0.5) is 5.00 Å². The molecule has 2 rings (SSSR count). The molecule has 2 atom stereocenters. The topological polar surface area (TPSA) is 76.7 Å². The molecule has 0 saturated carbocycles. The fraction of sp³-hybridized carbons (Fsp3) is 0.435. The smallest absolute Gasteiger partial charge is 0.348 e. The van der Waals surface area contributed by atoms with Gasteiger partial charge in [0.25, 0.3) is 0 Å². The average molecular weight is 463 g/mol. The van der Waals surface area contributed by atoms with Crippen molar-refractivity contribution in [2.24, 2.45) is 0 Å². The second kappa shape index (κ2) is 11.2. The maximum absolute atomic E-state index is 12.3. The van der Waals surface area contributed by atoms with Crippen LogP contribution in [-0.4, -0.2) is 31.3 Å². The zero-order chi connectivity index (χ0) is 23.1. The highest BCUT2D eigenvalue weighted by Crippen LogP contribution is 2.34. The number of ether oxygens (including phenoxy) is 2. The molecule has 0 aliphatic heterocycles. The third kappa shape index (κ3) is 5.83. The van der Waals surface area contributed by atoms with Gasteiger partial charge in [-0.15, -0.1) is 11.3 Å². The first-order valence-electron chi connectivity index (χ1n) is 10.2. The Morgan fingerprint density at radius 2 is 1.61 bits per heavy atom. The Morgan fingerprint density at radius 3 is 2.13 bits per heavy atom. The summed E-state index contributed by atoms with van der Waals surface area (Å²) in [5.74, 6) is -0.526. The number of carbonyl (C=O) groups excluding carboxylic acids is 2. The van der Waals surface area contributed by atoms with E-state index in [-0.39, 0.29) is 11.6 Å². The Balaban J connectivity index is 2.22. The van der Waals surface area contributed by atoms with Crippen LogP contribution in [0, 0.1) is 6.92 Å². The van der Waals surface area contributed by atoms with Gasteiger partial charge in [0.15, 0.2) is 5.11 Å². The molecule has 0 spiro atoms. The molecule has 1 heterocycles. The van der Waals surface area contributed by atoms with E-state index < -0.39 is 11.9 Å². The molecule has 0 saturated heterocycles. The van der Waals surface area contributed by atoms with Crippen LogP contribution < -0.4 is 10.6 Å². The molecular formula is C23H30N2O4S2. The zero-order valence-electron chi connectivity index (χ0n) is 18.8. The molecule has 2 N–H and O–H groups in total. The van der Waals surface area contributed by atoms with Crippen molar-refractivity contribution in [1.29, 1.82) is 0 Å². The van der Waals surface area contributed by atoms with Crippen LogP contribution in [0.3, 0.4) is 0 Å². The van der Waals surface area contributed by atoms with Crippen molar-refractivity contribution in [3.05, 3.63) is 51.4 Å². The molecule has 0 fully saturated rings. The van der Waals surface area contributed by atoms with Crippen LogP contribution in [-0.2, 0) is 9.47 Å². The zero-order valence-corrected chi connectivity index (χ0v) is 20.5. The monoisotopic (exact) mass is 462 g/mol. The standard InChI is InChI=1S/C23H30N2O4S2/c1-7-13(3)15-9-11-16(12-10-15)17(8-2)24-23(30)25-20-18(21(26)28-5)14(4)19(31-20)22(27)29-6/h9-13,17H,7-8H2,1-6H3,(H2,24,25,30). The summed E-state index contributed by atoms with van der Waals surface area (Å²) in [6.45, 7) is 8.16. The number of carbonyl (C=O) groups is 2. The van der Waals surface area contributed by atoms with Crippen molar-refractivity contribution < 1.29 is 19.1 Å². The van der Waals surface area contributed by atoms with Crippen molar-refractivity contribution in [3.8, 4) is 0 Å². The van der Waals surface area contributed by atoms with E-state index in [1.54, 1.807) is 6.92 Å². The van der Waals surface area contributed by atoms with Crippen LogP contribution in [0.1, 0.15) is 82.3 Å². The minimum atomic E-state index is -0.540. The predicted molar refractivity (Wildman–Crippen MR) is 129 cm³/mol. The van der Waals surface area contributed by atoms with Gasteiger partial charge < -0.3 is 20.1 Å². The summed E-state index contributed by atoms with van der Waals surface area (Å²) < 4.78 is 9.71. The van der Waals surface area contributed by atoms with Crippen molar-refractivity contribution in [3.63, 3.8) is 0 Å². The average Bonchev–Trinajstić information content (AvgIpc) is 3.11. The summed E-state index contributed by atoms with van der Waals surface area (Å²) in [7, 11) is 2.60. The molecule has 0 aliphatic carbocycles. The fourth-order valence-corrected chi connectivity index (χ4v) is 4.67. The number of benzene rings is 1. The third-order valence-corrected chi connectivity index (χ3v) is 6.78. The van der Waals surface area contributed by atoms with E-state index in [4.69, 9.17) is 21.7 Å². The van der Waals surface area contributed by atoms with Gasteiger partial charge in [0, 0.05) is 0 Å². The normalized spacial score (nSPS) is 12.6. The minimum absolute atomic E-state index is 0.00805. The number of hydrogen-bond acceptors (Lipinski definition) is 6. The molecule has 31 heavy (non-hydrogen) atoms. The molecule has 1 aromatic heterocycles. The van der Waals surface area contributed by atoms with Gasteiger partial charge in [-0.3, -0.25) is 0 Å². The number of thiophene rings is 1. The van der Waals surface area contributed by atoms with Crippen molar-refractivity contribution >= 4 is 45.6 Å². The van der Waals surface area contributed by atoms with E-state index in [9.17, 15) is 9.59 Å². The van der Waals surface area contributed by atoms with Crippen molar-refractivity contribution in [1.82, 2.24) is 5.32 Å². The lowest BCUT2D eigenvalue weighted by Gasteiger charge is -2.21. The molecule has 0 aliphatic rings. The summed E-state index contributed by atoms with van der Waals surface area (Å²) in [4.78, 5) is 24.7. The lowest BCUT2D eigenvalue weighted by atomic mass is 9.95. The highest BCUT2D eigenvalue weighted by Gasteiger charge is 2.26. The van der Waals surface area contributed by atoms with E-state index in [0.29, 0.717) is 26.5 Å². The second-order valence-corrected chi connectivity index (χ2v) is 8.71. The quantitative estimate of drug-likeness (QED) is 0.392. The van der Waals surface area contributed by atoms with Crippen LogP contribution in [0.15, 0.2) is 24.3 Å². The number of anilines is 1. The molecule has 8 heteroatoms. The molecule has 2 aromatic rings. The summed E-state index contributed by atoms with van der Waals surface area (Å²) in [6, 6.07) is 8.57. The molecule has 168 valence electrons. The Kier molecular flexibility index (Phi) is 9.00. The van der Waals surface area contributed by atoms with Crippen LogP contribution in [0.2, 0.25) is 0 Å². The Labute approximate surface area is 193 Å². The van der Waals surface area contributed by atoms with Gasteiger partial charge in [0.05, 0.1) is 25.8 Å². The first kappa shape index (κ1) is 24.8. The number of nitrogens with one attached hydrogen (secondary N) is 2. The predicted octanol–water partition coefficient (Wildman–Crippen LogP) is 5.58. The summed E-state index contributed by atoms with van der Waals surface area (Å²) in [6.07, 6.45) is 1.92. The third-order valence-electron chi connectivity index (χ3n) is 5.37. The fourth-order valence-electron chi connectivity index (χ4n) is 3.25. The number of rotatable bonds is 8. The molecule has 1 aromatic carbocycles. The van der Waals surface area contributed by atoms with Gasteiger partial charge in [-0.25, -0.2) is 9.59 Å². The number of hydrogen-bond donors (Lipinski definition) is 2. The van der Waals surface area contributed by atoms with Crippen LogP contribution in [0.25, 0.3) is 0 Å². The first-order chi connectivity index (χ1) is 14.8. The van der Waals surface area contributed by atoms with E-state index in [1.165, 1.54) is 19.8 Å². The lowest BCUT2D eigenvalue weighted by molar-refractivity contribution is 0.0601. The maximum atomic E-state index is 12.3. The number of esters is 2. The van der Waals surface area contributed by atoms with Gasteiger partial charge in [-0.1, -0.05) is 45.0 Å². The lowest BCUT2D eigenvalue weighted by Crippen LogP contribution is -2.32. The van der Waals surface area contributed by atoms with E-state index >= 15 is 0 Å². The van der Waals surface area contributed by atoms with Crippen LogP contribution >= 0.6 is 23.6 Å². The van der Waals surface area contributed by atoms with Crippen LogP contribution in [0.5, 0.6) is 0 Å². The Hall–Kier alpha value is -2.45. The summed E-state index contributed by atoms with van der Waals surface area (Å²) >= 11 is 6.62. The van der Waals surface area contributed by atoms with Crippen molar-refractivity contribution in [2.75, 3.05) is 19.5 Å². The van der Waals surface area contributed by atoms with E-state index in [1.807, 2.05) is 0 Å². The van der Waals surface area contributed by atoms with Gasteiger partial charge >= 0.3 is 11.9 Å². The number of methoxy groups -OCH3 is 2. The first-order valence-corrected chi connectivity index (χ1v) is 11.5. The van der Waals surface area contributed by atoms with Gasteiger partial charge in [-0.2, -0.15) is 0 Å². The molecular weight excluding hydrogens is 432 g/mol. The highest BCUT2D eigenvalue weighted by molar-refractivity contribution is 7.80. The van der Waals surface area contributed by atoms with E-state index in [0.717, 1.165) is 29.7 Å².